The fraction of sp³-hybridized carbons (Fsp3) is 0.375. The van der Waals surface area contributed by atoms with Crippen LogP contribution in [0.2, 0.25) is 0 Å². The molecule has 2 heterocycles. The number of hydrogen-bond acceptors (Lipinski definition) is 6. The Labute approximate surface area is 143 Å². The molecular weight excluding hydrogens is 324 g/mol. The number of amides is 1. The van der Waals surface area contributed by atoms with Crippen LogP contribution in [-0.2, 0) is 17.8 Å². The third-order valence-electron chi connectivity index (χ3n) is 3.74. The molecular formula is C16H20N6O3. The molecule has 3 N–H and O–H groups in total. The maximum absolute atomic E-state index is 12.1. The highest BCUT2D eigenvalue weighted by molar-refractivity contribution is 5.93. The van der Waals surface area contributed by atoms with Crippen LogP contribution in [0.1, 0.15) is 25.1 Å². The molecule has 1 aromatic carbocycles. The van der Waals surface area contributed by atoms with Gasteiger partial charge in [0.15, 0.2) is 0 Å². The van der Waals surface area contributed by atoms with Gasteiger partial charge in [0.25, 0.3) is 0 Å². The molecule has 0 bridgehead atoms. The molecule has 0 atom stereocenters. The summed E-state index contributed by atoms with van der Waals surface area (Å²) in [7, 11) is 1.89. The lowest BCUT2D eigenvalue weighted by molar-refractivity contribution is -0.116. The van der Waals surface area contributed by atoms with Crippen molar-refractivity contribution in [2.75, 3.05) is 18.9 Å². The van der Waals surface area contributed by atoms with Gasteiger partial charge in [0.1, 0.15) is 0 Å². The van der Waals surface area contributed by atoms with E-state index < -0.39 is 0 Å². The number of nitrogens with zero attached hydrogens (tertiary/aromatic N) is 3. The maximum Gasteiger partial charge on any atom is 0.323 e. The minimum Gasteiger partial charge on any atom is -0.424 e. The summed E-state index contributed by atoms with van der Waals surface area (Å²) >= 11 is 0. The minimum atomic E-state index is -0.271. The third kappa shape index (κ3) is 4.32. The van der Waals surface area contributed by atoms with E-state index in [0.29, 0.717) is 54.4 Å². The van der Waals surface area contributed by atoms with E-state index >= 15 is 0 Å². The quantitative estimate of drug-likeness (QED) is 0.593. The van der Waals surface area contributed by atoms with Crippen molar-refractivity contribution in [3.8, 4) is 0 Å². The standard InChI is InChI=1S/C16H20N6O3/c1-3-14-20-21-15(25-14)9-22(2)7-6-13(23)17-10-4-5-11-12(8-10)19-16(24)18-11/h4-5,8H,3,6-7,9H2,1-2H3,(H,17,23)(H2,18,19,24). The maximum atomic E-state index is 12.1. The number of aryl methyl sites for hydroxylation is 1. The molecule has 9 nitrogen and oxygen atoms in total. The largest absolute Gasteiger partial charge is 0.424 e. The summed E-state index contributed by atoms with van der Waals surface area (Å²) in [5, 5.41) is 10.7. The molecule has 0 saturated heterocycles. The van der Waals surface area contributed by atoms with Crippen molar-refractivity contribution in [1.29, 1.82) is 0 Å². The monoisotopic (exact) mass is 344 g/mol. The van der Waals surface area contributed by atoms with Gasteiger partial charge in [0, 0.05) is 25.1 Å². The first-order chi connectivity index (χ1) is 12.0. The molecule has 0 aliphatic rings. The van der Waals surface area contributed by atoms with Crippen molar-refractivity contribution >= 4 is 22.6 Å². The zero-order chi connectivity index (χ0) is 17.8. The fourth-order valence-corrected chi connectivity index (χ4v) is 2.43. The van der Waals surface area contributed by atoms with Crippen molar-refractivity contribution in [1.82, 2.24) is 25.1 Å². The van der Waals surface area contributed by atoms with Crippen LogP contribution in [0.4, 0.5) is 5.69 Å². The predicted octanol–water partition coefficient (Wildman–Crippen LogP) is 1.26. The third-order valence-corrected chi connectivity index (χ3v) is 3.74. The molecule has 3 aromatic rings. The topological polar surface area (TPSA) is 120 Å². The number of carbonyl (C=O) groups is 1. The Morgan fingerprint density at radius 1 is 1.24 bits per heavy atom. The van der Waals surface area contributed by atoms with Crippen molar-refractivity contribution in [2.45, 2.75) is 26.3 Å². The van der Waals surface area contributed by atoms with E-state index in [2.05, 4.69) is 25.5 Å². The molecule has 0 radical (unpaired) electrons. The Hall–Kier alpha value is -2.94. The Morgan fingerprint density at radius 3 is 2.76 bits per heavy atom. The Kier molecular flexibility index (Phi) is 4.94. The lowest BCUT2D eigenvalue weighted by Crippen LogP contribution is -2.24. The van der Waals surface area contributed by atoms with Crippen LogP contribution in [-0.4, -0.2) is 44.6 Å². The van der Waals surface area contributed by atoms with Gasteiger partial charge in [-0.15, -0.1) is 10.2 Å². The first-order valence-corrected chi connectivity index (χ1v) is 8.05. The summed E-state index contributed by atoms with van der Waals surface area (Å²) in [4.78, 5) is 30.6. The predicted molar refractivity (Wildman–Crippen MR) is 92.2 cm³/mol. The van der Waals surface area contributed by atoms with Gasteiger partial charge in [-0.3, -0.25) is 9.69 Å². The Bertz CT molecular complexity index is 925. The van der Waals surface area contributed by atoms with E-state index in [9.17, 15) is 9.59 Å². The number of H-pyrrole nitrogens is 2. The number of fused-ring (bicyclic) bond motifs is 1. The molecule has 0 fully saturated rings. The van der Waals surface area contributed by atoms with Gasteiger partial charge in [0.05, 0.1) is 17.6 Å². The number of carbonyl (C=O) groups excluding carboxylic acids is 1. The first-order valence-electron chi connectivity index (χ1n) is 8.05. The number of rotatable bonds is 7. The van der Waals surface area contributed by atoms with Gasteiger partial charge in [-0.05, 0) is 25.2 Å². The summed E-state index contributed by atoms with van der Waals surface area (Å²) in [6, 6.07) is 5.22. The van der Waals surface area contributed by atoms with E-state index in [1.165, 1.54) is 0 Å². The second-order valence-electron chi connectivity index (χ2n) is 5.82. The Balaban J connectivity index is 1.50. The number of hydrogen-bond donors (Lipinski definition) is 3. The second kappa shape index (κ2) is 7.31. The normalized spacial score (nSPS) is 11.3. The highest BCUT2D eigenvalue weighted by atomic mass is 16.4. The average Bonchev–Trinajstić information content (AvgIpc) is 3.17. The van der Waals surface area contributed by atoms with Crippen molar-refractivity contribution < 1.29 is 9.21 Å². The molecule has 1 amide bonds. The zero-order valence-electron chi connectivity index (χ0n) is 14.1. The van der Waals surface area contributed by atoms with Gasteiger partial charge in [0.2, 0.25) is 17.7 Å². The van der Waals surface area contributed by atoms with E-state index in [1.54, 1.807) is 18.2 Å². The lowest BCUT2D eigenvalue weighted by Gasteiger charge is -2.13. The number of aromatic amines is 2. The second-order valence-corrected chi connectivity index (χ2v) is 5.82. The van der Waals surface area contributed by atoms with Gasteiger partial charge < -0.3 is 19.7 Å². The van der Waals surface area contributed by atoms with Crippen molar-refractivity contribution in [3.63, 3.8) is 0 Å². The summed E-state index contributed by atoms with van der Waals surface area (Å²) in [5.74, 6) is 1.05. The Morgan fingerprint density at radius 2 is 2.00 bits per heavy atom. The minimum absolute atomic E-state index is 0.108. The van der Waals surface area contributed by atoms with Crippen LogP contribution in [0, 0.1) is 0 Å². The van der Waals surface area contributed by atoms with Crippen LogP contribution in [0.25, 0.3) is 11.0 Å². The lowest BCUT2D eigenvalue weighted by atomic mass is 10.2. The molecule has 0 aliphatic heterocycles. The van der Waals surface area contributed by atoms with E-state index in [4.69, 9.17) is 4.42 Å². The van der Waals surface area contributed by atoms with E-state index in [0.717, 1.165) is 0 Å². The summed E-state index contributed by atoms with van der Waals surface area (Å²) < 4.78 is 5.45. The van der Waals surface area contributed by atoms with Gasteiger partial charge in [-0.2, -0.15) is 0 Å². The average molecular weight is 344 g/mol. The summed E-state index contributed by atoms with van der Waals surface area (Å²) in [6.07, 6.45) is 1.03. The zero-order valence-corrected chi connectivity index (χ0v) is 14.1. The SMILES string of the molecule is CCc1nnc(CN(C)CCC(=O)Nc2ccc3[nH]c(=O)[nH]c3c2)o1. The van der Waals surface area contributed by atoms with Gasteiger partial charge >= 0.3 is 5.69 Å². The molecule has 2 aromatic heterocycles. The van der Waals surface area contributed by atoms with Crippen LogP contribution in [0.15, 0.2) is 27.4 Å². The van der Waals surface area contributed by atoms with Crippen LogP contribution in [0.3, 0.4) is 0 Å². The van der Waals surface area contributed by atoms with Crippen molar-refractivity contribution in [3.05, 3.63) is 40.5 Å². The highest BCUT2D eigenvalue weighted by Gasteiger charge is 2.10. The molecule has 0 saturated carbocycles. The van der Waals surface area contributed by atoms with Gasteiger partial charge in [-0.1, -0.05) is 6.92 Å². The molecule has 25 heavy (non-hydrogen) atoms. The highest BCUT2D eigenvalue weighted by Crippen LogP contribution is 2.14. The first kappa shape index (κ1) is 16.9. The number of anilines is 1. The fourth-order valence-electron chi connectivity index (χ4n) is 2.43. The number of imidazole rings is 1. The van der Waals surface area contributed by atoms with E-state index in [-0.39, 0.29) is 11.6 Å². The molecule has 3 rings (SSSR count). The number of nitrogens with one attached hydrogen (secondary N) is 3. The molecule has 0 unspecified atom stereocenters. The smallest absolute Gasteiger partial charge is 0.323 e. The number of benzene rings is 1. The molecule has 0 spiro atoms. The molecule has 0 aliphatic carbocycles. The van der Waals surface area contributed by atoms with Gasteiger partial charge in [-0.25, -0.2) is 4.79 Å². The van der Waals surface area contributed by atoms with Crippen LogP contribution in [0.5, 0.6) is 0 Å². The van der Waals surface area contributed by atoms with Crippen LogP contribution < -0.4 is 11.0 Å². The summed E-state index contributed by atoms with van der Waals surface area (Å²) in [5.41, 5.74) is 1.73. The van der Waals surface area contributed by atoms with E-state index in [1.807, 2.05) is 18.9 Å². The summed E-state index contributed by atoms with van der Waals surface area (Å²) in [6.45, 7) is 3.00. The van der Waals surface area contributed by atoms with Crippen LogP contribution >= 0.6 is 0 Å². The number of aromatic nitrogens is 4. The van der Waals surface area contributed by atoms with Crippen molar-refractivity contribution in [2.24, 2.45) is 0 Å². The molecule has 132 valence electrons. The molecule has 9 heteroatoms.